The van der Waals surface area contributed by atoms with Gasteiger partial charge in [-0.15, -0.1) is 0 Å². The molecule has 0 aliphatic heterocycles. The first-order chi connectivity index (χ1) is 8.03. The van der Waals surface area contributed by atoms with Crippen LogP contribution in [0.5, 0.6) is 0 Å². The van der Waals surface area contributed by atoms with Crippen molar-refractivity contribution in [2.24, 2.45) is 0 Å². The third-order valence-corrected chi connectivity index (χ3v) is 8.50. The van der Waals surface area contributed by atoms with Crippen LogP contribution < -0.4 is 0 Å². The SMILES string of the molecule is CC[Si](CC)(CC)OC(CCCBr)OC(C)C. The minimum atomic E-state index is -1.54. The third-order valence-electron chi connectivity index (χ3n) is 3.31. The molecule has 1 atom stereocenters. The summed E-state index contributed by atoms with van der Waals surface area (Å²) in [5.41, 5.74) is 0. The molecule has 0 saturated heterocycles. The zero-order chi connectivity index (χ0) is 13.3. The van der Waals surface area contributed by atoms with E-state index in [1.807, 2.05) is 0 Å². The lowest BCUT2D eigenvalue weighted by Crippen LogP contribution is -2.41. The molecule has 0 radical (unpaired) electrons. The molecule has 0 rings (SSSR count). The van der Waals surface area contributed by atoms with Gasteiger partial charge in [0.1, 0.15) is 6.29 Å². The van der Waals surface area contributed by atoms with Crippen LogP contribution in [-0.2, 0) is 9.16 Å². The Kier molecular flexibility index (Phi) is 9.88. The summed E-state index contributed by atoms with van der Waals surface area (Å²) in [6.07, 6.45) is 2.35. The fraction of sp³-hybridized carbons (Fsp3) is 1.00. The second-order valence-corrected chi connectivity index (χ2v) is 10.3. The largest absolute Gasteiger partial charge is 0.392 e. The fourth-order valence-electron chi connectivity index (χ4n) is 1.98. The Bertz CT molecular complexity index is 176. The second kappa shape index (κ2) is 9.53. The van der Waals surface area contributed by atoms with Gasteiger partial charge in [-0.25, -0.2) is 0 Å². The number of rotatable bonds is 10. The molecule has 0 aliphatic carbocycles. The molecule has 17 heavy (non-hydrogen) atoms. The van der Waals surface area contributed by atoms with Gasteiger partial charge in [0, 0.05) is 5.33 Å². The maximum Gasteiger partial charge on any atom is 0.195 e. The molecule has 0 heterocycles. The number of hydrogen-bond donors (Lipinski definition) is 0. The second-order valence-electron chi connectivity index (χ2n) is 4.81. The molecule has 0 aromatic heterocycles. The van der Waals surface area contributed by atoms with Crippen LogP contribution in [0.15, 0.2) is 0 Å². The summed E-state index contributed by atoms with van der Waals surface area (Å²) in [4.78, 5) is 0. The van der Waals surface area contributed by atoms with E-state index in [0.717, 1.165) is 18.2 Å². The van der Waals surface area contributed by atoms with Crippen LogP contribution in [0.25, 0.3) is 0 Å². The average Bonchev–Trinajstić information content (AvgIpc) is 2.32. The monoisotopic (exact) mass is 324 g/mol. The van der Waals surface area contributed by atoms with E-state index in [0.29, 0.717) is 0 Å². The Morgan fingerprint density at radius 1 is 1.06 bits per heavy atom. The van der Waals surface area contributed by atoms with E-state index in [-0.39, 0.29) is 12.4 Å². The molecule has 1 unspecified atom stereocenters. The third kappa shape index (κ3) is 6.94. The summed E-state index contributed by atoms with van der Waals surface area (Å²) in [7, 11) is -1.54. The van der Waals surface area contributed by atoms with Crippen molar-refractivity contribution in [1.29, 1.82) is 0 Å². The summed E-state index contributed by atoms with van der Waals surface area (Å²) < 4.78 is 12.3. The summed E-state index contributed by atoms with van der Waals surface area (Å²) in [6, 6.07) is 3.56. The molecule has 0 spiro atoms. The topological polar surface area (TPSA) is 18.5 Å². The van der Waals surface area contributed by atoms with E-state index in [4.69, 9.17) is 9.16 Å². The van der Waals surface area contributed by atoms with Gasteiger partial charge in [0.2, 0.25) is 0 Å². The van der Waals surface area contributed by atoms with Crippen molar-refractivity contribution in [3.8, 4) is 0 Å². The van der Waals surface area contributed by atoms with Crippen LogP contribution in [0.4, 0.5) is 0 Å². The molecule has 0 aromatic rings. The molecule has 0 fully saturated rings. The van der Waals surface area contributed by atoms with Crippen LogP contribution >= 0.6 is 15.9 Å². The maximum absolute atomic E-state index is 6.39. The molecule has 0 N–H and O–H groups in total. The van der Waals surface area contributed by atoms with E-state index in [9.17, 15) is 0 Å². The van der Waals surface area contributed by atoms with Gasteiger partial charge in [0.05, 0.1) is 6.10 Å². The highest BCUT2D eigenvalue weighted by atomic mass is 79.9. The summed E-state index contributed by atoms with van der Waals surface area (Å²) >= 11 is 3.48. The van der Waals surface area contributed by atoms with Crippen molar-refractivity contribution in [2.45, 2.75) is 78.0 Å². The van der Waals surface area contributed by atoms with E-state index in [2.05, 4.69) is 50.5 Å². The molecule has 0 aliphatic rings. The first-order valence-electron chi connectivity index (χ1n) is 6.92. The summed E-state index contributed by atoms with van der Waals surface area (Å²) in [6.45, 7) is 10.9. The first-order valence-corrected chi connectivity index (χ1v) is 10.6. The molecular weight excluding hydrogens is 296 g/mol. The Morgan fingerprint density at radius 3 is 1.94 bits per heavy atom. The Hall–Kier alpha value is 0.617. The van der Waals surface area contributed by atoms with Crippen molar-refractivity contribution in [3.05, 3.63) is 0 Å². The minimum absolute atomic E-state index is 0.000864. The highest BCUT2D eigenvalue weighted by Gasteiger charge is 2.32. The van der Waals surface area contributed by atoms with Crippen LogP contribution in [0, 0.1) is 0 Å². The van der Waals surface area contributed by atoms with Crippen LogP contribution in [0.1, 0.15) is 47.5 Å². The molecule has 0 amide bonds. The minimum Gasteiger partial charge on any atom is -0.392 e. The smallest absolute Gasteiger partial charge is 0.195 e. The summed E-state index contributed by atoms with van der Waals surface area (Å²) in [5.74, 6) is 0. The number of halogens is 1. The first kappa shape index (κ1) is 17.6. The normalized spacial score (nSPS) is 14.3. The lowest BCUT2D eigenvalue weighted by molar-refractivity contribution is -0.118. The van der Waals surface area contributed by atoms with Crippen LogP contribution in [-0.4, -0.2) is 26.0 Å². The zero-order valence-corrected chi connectivity index (χ0v) is 14.7. The van der Waals surface area contributed by atoms with Crippen molar-refractivity contribution < 1.29 is 9.16 Å². The van der Waals surface area contributed by atoms with Gasteiger partial charge >= 0.3 is 0 Å². The van der Waals surface area contributed by atoms with E-state index < -0.39 is 8.32 Å². The van der Waals surface area contributed by atoms with Crippen LogP contribution in [0.3, 0.4) is 0 Å². The zero-order valence-electron chi connectivity index (χ0n) is 12.1. The lowest BCUT2D eigenvalue weighted by Gasteiger charge is -2.34. The van der Waals surface area contributed by atoms with Gasteiger partial charge in [-0.3, -0.25) is 0 Å². The standard InChI is InChI=1S/C13H29BrO2Si/c1-6-17(7-2,8-3)16-13(10-9-11-14)15-12(4)5/h12-13H,6-11H2,1-5H3. The fourth-order valence-corrected chi connectivity index (χ4v) is 5.04. The molecule has 0 aromatic carbocycles. The van der Waals surface area contributed by atoms with Gasteiger partial charge in [-0.1, -0.05) is 36.7 Å². The number of alkyl halides is 1. The van der Waals surface area contributed by atoms with E-state index in [1.54, 1.807) is 0 Å². The van der Waals surface area contributed by atoms with Crippen molar-refractivity contribution in [2.75, 3.05) is 5.33 Å². The highest BCUT2D eigenvalue weighted by molar-refractivity contribution is 9.09. The van der Waals surface area contributed by atoms with Gasteiger partial charge in [0.15, 0.2) is 8.32 Å². The molecular formula is C13H29BrO2Si. The van der Waals surface area contributed by atoms with Gasteiger partial charge in [-0.2, -0.15) is 0 Å². The highest BCUT2D eigenvalue weighted by Crippen LogP contribution is 2.25. The number of ether oxygens (including phenoxy) is 1. The predicted octanol–water partition coefficient (Wildman–Crippen LogP) is 4.93. The molecule has 0 saturated carbocycles. The van der Waals surface area contributed by atoms with Crippen molar-refractivity contribution in [3.63, 3.8) is 0 Å². The van der Waals surface area contributed by atoms with E-state index >= 15 is 0 Å². The molecule has 0 bridgehead atoms. The van der Waals surface area contributed by atoms with Crippen molar-refractivity contribution in [1.82, 2.24) is 0 Å². The molecule has 104 valence electrons. The van der Waals surface area contributed by atoms with Crippen molar-refractivity contribution >= 4 is 24.2 Å². The maximum atomic E-state index is 6.39. The number of hydrogen-bond acceptors (Lipinski definition) is 2. The summed E-state index contributed by atoms with van der Waals surface area (Å²) in [5, 5.41) is 1.02. The molecule has 4 heteroatoms. The predicted molar refractivity (Wildman–Crippen MR) is 81.3 cm³/mol. The lowest BCUT2D eigenvalue weighted by atomic mass is 10.3. The Morgan fingerprint density at radius 2 is 1.59 bits per heavy atom. The average molecular weight is 325 g/mol. The van der Waals surface area contributed by atoms with Gasteiger partial charge in [0.25, 0.3) is 0 Å². The van der Waals surface area contributed by atoms with Gasteiger partial charge in [-0.05, 0) is 44.8 Å². The quantitative estimate of drug-likeness (QED) is 0.322. The Labute approximate surface area is 117 Å². The van der Waals surface area contributed by atoms with Crippen LogP contribution in [0.2, 0.25) is 18.1 Å². The van der Waals surface area contributed by atoms with E-state index in [1.165, 1.54) is 18.1 Å². The molecule has 2 nitrogen and oxygen atoms in total. The Balaban J connectivity index is 4.46. The van der Waals surface area contributed by atoms with Gasteiger partial charge < -0.3 is 9.16 Å².